The van der Waals surface area contributed by atoms with Gasteiger partial charge >= 0.3 is 6.18 Å². The number of benzene rings is 2. The maximum Gasteiger partial charge on any atom is 0.416 e. The Hall–Kier alpha value is -2.55. The van der Waals surface area contributed by atoms with E-state index in [1.807, 2.05) is 0 Å². The van der Waals surface area contributed by atoms with Gasteiger partial charge in [0.1, 0.15) is 6.54 Å². The number of carbonyl (C=O) groups is 1. The third kappa shape index (κ3) is 4.79. The Kier molecular flexibility index (Phi) is 5.84. The van der Waals surface area contributed by atoms with E-state index in [1.165, 1.54) is 37.2 Å². The van der Waals surface area contributed by atoms with Crippen molar-refractivity contribution in [3.8, 4) is 0 Å². The maximum atomic E-state index is 13.0. The molecule has 5 nitrogen and oxygen atoms in total. The molecule has 9 heteroatoms. The Morgan fingerprint density at radius 1 is 1.04 bits per heavy atom. The lowest BCUT2D eigenvalue weighted by atomic mass is 10.2. The van der Waals surface area contributed by atoms with E-state index >= 15 is 0 Å². The van der Waals surface area contributed by atoms with Crippen LogP contribution in [0.3, 0.4) is 0 Å². The van der Waals surface area contributed by atoms with E-state index in [4.69, 9.17) is 0 Å². The van der Waals surface area contributed by atoms with Crippen molar-refractivity contribution in [2.75, 3.05) is 24.9 Å². The number of sulfonamides is 1. The number of alkyl halides is 3. The van der Waals surface area contributed by atoms with E-state index in [-0.39, 0.29) is 10.6 Å². The molecular weight excluding hydrogens is 381 g/mol. The molecule has 2 aromatic carbocycles. The summed E-state index contributed by atoms with van der Waals surface area (Å²) < 4.78 is 65.9. The molecule has 1 amide bonds. The first-order valence-corrected chi connectivity index (χ1v) is 9.34. The molecule has 2 aromatic rings. The molecule has 0 saturated heterocycles. The summed E-state index contributed by atoms with van der Waals surface area (Å²) in [4.78, 5) is 13.2. The zero-order chi connectivity index (χ0) is 20.4. The van der Waals surface area contributed by atoms with Gasteiger partial charge in [-0.15, -0.1) is 0 Å². The molecule has 0 aliphatic heterocycles. The van der Waals surface area contributed by atoms with Crippen LogP contribution in [0.15, 0.2) is 53.4 Å². The van der Waals surface area contributed by atoms with Crippen LogP contribution in [0.5, 0.6) is 0 Å². The van der Waals surface area contributed by atoms with Crippen molar-refractivity contribution < 1.29 is 26.4 Å². The molecule has 146 valence electrons. The molecule has 0 saturated carbocycles. The summed E-state index contributed by atoms with van der Waals surface area (Å²) in [7, 11) is -1.37. The Morgan fingerprint density at radius 2 is 1.63 bits per heavy atom. The molecule has 0 spiro atoms. The fourth-order valence-electron chi connectivity index (χ4n) is 2.25. The number of aryl methyl sites for hydroxylation is 1. The first-order chi connectivity index (χ1) is 12.4. The summed E-state index contributed by atoms with van der Waals surface area (Å²) in [6, 6.07) is 9.75. The number of hydrogen-bond acceptors (Lipinski definition) is 3. The van der Waals surface area contributed by atoms with Crippen LogP contribution in [0, 0.1) is 6.92 Å². The van der Waals surface area contributed by atoms with E-state index in [2.05, 4.69) is 0 Å². The summed E-state index contributed by atoms with van der Waals surface area (Å²) in [6.45, 7) is 1.15. The normalized spacial score (nSPS) is 11.9. The molecule has 0 unspecified atom stereocenters. The Balaban J connectivity index is 2.58. The second-order valence-corrected chi connectivity index (χ2v) is 8.02. The number of halogens is 3. The number of rotatable bonds is 5. The van der Waals surface area contributed by atoms with Gasteiger partial charge in [0.05, 0.1) is 16.1 Å². The van der Waals surface area contributed by atoms with Crippen LogP contribution in [0.4, 0.5) is 18.9 Å². The fraction of sp³-hybridized carbons (Fsp3) is 0.278. The molecule has 0 N–H and O–H groups in total. The van der Waals surface area contributed by atoms with E-state index in [9.17, 15) is 26.4 Å². The number of likely N-dealkylation sites (N-methyl/N-ethyl adjacent to an activating group) is 1. The van der Waals surface area contributed by atoms with Crippen LogP contribution in [0.1, 0.15) is 11.1 Å². The largest absolute Gasteiger partial charge is 0.416 e. The van der Waals surface area contributed by atoms with Gasteiger partial charge in [0.15, 0.2) is 0 Å². The van der Waals surface area contributed by atoms with E-state index in [0.29, 0.717) is 10.4 Å². The Bertz CT molecular complexity index is 924. The van der Waals surface area contributed by atoms with Gasteiger partial charge in [-0.05, 0) is 37.3 Å². The van der Waals surface area contributed by atoms with Gasteiger partial charge < -0.3 is 4.90 Å². The smallest absolute Gasteiger partial charge is 0.347 e. The van der Waals surface area contributed by atoms with E-state index < -0.39 is 34.2 Å². The van der Waals surface area contributed by atoms with Crippen molar-refractivity contribution in [2.45, 2.75) is 18.0 Å². The summed E-state index contributed by atoms with van der Waals surface area (Å²) in [5, 5.41) is 0. The SMILES string of the molecule is Cc1ccc(S(=O)(=O)N(CC(=O)N(C)C)c2cccc(C(F)(F)F)c2)cc1. The zero-order valence-corrected chi connectivity index (χ0v) is 15.8. The molecule has 2 rings (SSSR count). The number of hydrogen-bond donors (Lipinski definition) is 0. The Morgan fingerprint density at radius 3 is 2.15 bits per heavy atom. The molecular formula is C18H19F3N2O3S. The topological polar surface area (TPSA) is 57.7 Å². The Labute approximate surface area is 156 Å². The van der Waals surface area contributed by atoms with Crippen molar-refractivity contribution in [3.63, 3.8) is 0 Å². The molecule has 0 heterocycles. The van der Waals surface area contributed by atoms with Crippen LogP contribution in [0.25, 0.3) is 0 Å². The quantitative estimate of drug-likeness (QED) is 0.774. The number of anilines is 1. The summed E-state index contributed by atoms with van der Waals surface area (Å²) in [5.41, 5.74) is -0.411. The van der Waals surface area contributed by atoms with Crippen LogP contribution >= 0.6 is 0 Å². The minimum Gasteiger partial charge on any atom is -0.347 e. The van der Waals surface area contributed by atoms with Crippen LogP contribution in [0.2, 0.25) is 0 Å². The van der Waals surface area contributed by atoms with Gasteiger partial charge in [0.2, 0.25) is 5.91 Å². The van der Waals surface area contributed by atoms with Crippen molar-refractivity contribution in [3.05, 3.63) is 59.7 Å². The molecule has 0 aromatic heterocycles. The minimum absolute atomic E-state index is 0.114. The average molecular weight is 400 g/mol. The number of carbonyl (C=O) groups excluding carboxylic acids is 1. The molecule has 0 radical (unpaired) electrons. The van der Waals surface area contributed by atoms with Crippen LogP contribution in [-0.4, -0.2) is 39.9 Å². The molecule has 0 fully saturated rings. The van der Waals surface area contributed by atoms with Gasteiger partial charge in [-0.1, -0.05) is 23.8 Å². The lowest BCUT2D eigenvalue weighted by Gasteiger charge is -2.26. The third-order valence-corrected chi connectivity index (χ3v) is 5.64. The molecule has 0 atom stereocenters. The summed E-state index contributed by atoms with van der Waals surface area (Å²) in [5.74, 6) is -0.567. The lowest BCUT2D eigenvalue weighted by Crippen LogP contribution is -2.40. The van der Waals surface area contributed by atoms with Crippen LogP contribution < -0.4 is 4.31 Å². The summed E-state index contributed by atoms with van der Waals surface area (Å²) in [6.07, 6.45) is -4.64. The van der Waals surface area contributed by atoms with E-state index in [0.717, 1.165) is 17.7 Å². The lowest BCUT2D eigenvalue weighted by molar-refractivity contribution is -0.137. The van der Waals surface area contributed by atoms with Gasteiger partial charge in [-0.3, -0.25) is 9.10 Å². The monoisotopic (exact) mass is 400 g/mol. The van der Waals surface area contributed by atoms with E-state index in [1.54, 1.807) is 19.1 Å². The average Bonchev–Trinajstić information content (AvgIpc) is 2.59. The van der Waals surface area contributed by atoms with Gasteiger partial charge in [-0.2, -0.15) is 13.2 Å². The standard InChI is InChI=1S/C18H19F3N2O3S/c1-13-7-9-16(10-8-13)27(25,26)23(12-17(24)22(2)3)15-6-4-5-14(11-15)18(19,20)21/h4-11H,12H2,1-3H3. The number of nitrogens with zero attached hydrogens (tertiary/aromatic N) is 2. The molecule has 0 aliphatic rings. The van der Waals surface area contributed by atoms with Crippen LogP contribution in [-0.2, 0) is 21.0 Å². The predicted octanol–water partition coefficient (Wildman–Crippen LogP) is 3.30. The molecule has 27 heavy (non-hydrogen) atoms. The first-order valence-electron chi connectivity index (χ1n) is 7.90. The van der Waals surface area contributed by atoms with Crippen molar-refractivity contribution in [2.24, 2.45) is 0 Å². The van der Waals surface area contributed by atoms with Crippen molar-refractivity contribution in [1.82, 2.24) is 4.90 Å². The molecule has 0 aliphatic carbocycles. The van der Waals surface area contributed by atoms with Gasteiger partial charge in [0, 0.05) is 14.1 Å². The molecule has 0 bridgehead atoms. The second kappa shape index (κ2) is 7.59. The highest BCUT2D eigenvalue weighted by Gasteiger charge is 2.33. The zero-order valence-electron chi connectivity index (χ0n) is 15.0. The highest BCUT2D eigenvalue weighted by atomic mass is 32.2. The number of amides is 1. The second-order valence-electron chi connectivity index (χ2n) is 6.16. The highest BCUT2D eigenvalue weighted by molar-refractivity contribution is 7.92. The first kappa shape index (κ1) is 20.8. The van der Waals surface area contributed by atoms with Gasteiger partial charge in [-0.25, -0.2) is 8.42 Å². The predicted molar refractivity (Wildman–Crippen MR) is 95.8 cm³/mol. The highest BCUT2D eigenvalue weighted by Crippen LogP contribution is 2.33. The minimum atomic E-state index is -4.64. The maximum absolute atomic E-state index is 13.0. The van der Waals surface area contributed by atoms with Crippen molar-refractivity contribution in [1.29, 1.82) is 0 Å². The van der Waals surface area contributed by atoms with Gasteiger partial charge in [0.25, 0.3) is 10.0 Å². The fourth-order valence-corrected chi connectivity index (χ4v) is 3.66. The summed E-state index contributed by atoms with van der Waals surface area (Å²) >= 11 is 0. The van der Waals surface area contributed by atoms with Crippen molar-refractivity contribution >= 4 is 21.6 Å². The third-order valence-electron chi connectivity index (χ3n) is 3.85.